The van der Waals surface area contributed by atoms with Gasteiger partial charge in [0.1, 0.15) is 29.9 Å². The molecule has 0 aliphatic carbocycles. The molecule has 5 heteroatoms. The van der Waals surface area contributed by atoms with Crippen LogP contribution < -0.4 is 9.47 Å². The summed E-state index contributed by atoms with van der Waals surface area (Å²) < 4.78 is 10.8. The molecule has 19 heavy (non-hydrogen) atoms. The maximum Gasteiger partial charge on any atom is 0.130 e. The molecule has 1 aromatic heterocycles. The van der Waals surface area contributed by atoms with E-state index in [1.165, 1.54) is 0 Å². The van der Waals surface area contributed by atoms with Gasteiger partial charge in [-0.25, -0.2) is 4.98 Å². The highest BCUT2D eigenvalue weighted by Crippen LogP contribution is 2.18. The first-order chi connectivity index (χ1) is 9.28. The summed E-state index contributed by atoms with van der Waals surface area (Å²) in [7, 11) is 0. The van der Waals surface area contributed by atoms with E-state index in [4.69, 9.17) is 26.2 Å². The molecule has 2 rings (SSSR count). The van der Waals surface area contributed by atoms with Crippen LogP contribution in [0.3, 0.4) is 0 Å². The number of rotatable bonds is 6. The fourth-order valence-corrected chi connectivity index (χ4v) is 1.66. The third-order valence-electron chi connectivity index (χ3n) is 2.34. The number of halogens is 1. The number of nitrogens with zero attached hydrogens (tertiary/aromatic N) is 1. The molecule has 2 aromatic rings. The second kappa shape index (κ2) is 6.97. The minimum Gasteiger partial charge on any atom is -0.491 e. The molecule has 0 saturated heterocycles. The van der Waals surface area contributed by atoms with Gasteiger partial charge in [0, 0.05) is 0 Å². The first-order valence-corrected chi connectivity index (χ1v) is 6.23. The SMILES string of the molecule is OCCOc1ccc(OCc2cccc(Cl)n2)cc1. The highest BCUT2D eigenvalue weighted by Gasteiger charge is 1.99. The van der Waals surface area contributed by atoms with Crippen LogP contribution in [0.5, 0.6) is 11.5 Å². The molecule has 0 unspecified atom stereocenters. The monoisotopic (exact) mass is 279 g/mol. The van der Waals surface area contributed by atoms with Crippen LogP contribution in [0.15, 0.2) is 42.5 Å². The maximum atomic E-state index is 8.65. The van der Waals surface area contributed by atoms with Gasteiger partial charge >= 0.3 is 0 Å². The molecule has 0 saturated carbocycles. The van der Waals surface area contributed by atoms with Crippen LogP contribution in [0.1, 0.15) is 5.69 Å². The van der Waals surface area contributed by atoms with E-state index in [9.17, 15) is 0 Å². The standard InChI is InChI=1S/C14H14ClNO3/c15-14-3-1-2-11(16-14)10-19-13-6-4-12(5-7-13)18-9-8-17/h1-7,17H,8-10H2. The Labute approximate surface area is 116 Å². The van der Waals surface area contributed by atoms with Crippen molar-refractivity contribution in [3.05, 3.63) is 53.3 Å². The number of hydrogen-bond acceptors (Lipinski definition) is 4. The Morgan fingerprint density at radius 2 is 1.68 bits per heavy atom. The smallest absolute Gasteiger partial charge is 0.130 e. The van der Waals surface area contributed by atoms with E-state index in [2.05, 4.69) is 4.98 Å². The maximum absolute atomic E-state index is 8.65. The van der Waals surface area contributed by atoms with Crippen LogP contribution in [-0.2, 0) is 6.61 Å². The Morgan fingerprint density at radius 3 is 2.32 bits per heavy atom. The van der Waals surface area contributed by atoms with Crippen molar-refractivity contribution in [3.8, 4) is 11.5 Å². The predicted octanol–water partition coefficient (Wildman–Crippen LogP) is 2.69. The number of pyridine rings is 1. The van der Waals surface area contributed by atoms with Crippen molar-refractivity contribution < 1.29 is 14.6 Å². The van der Waals surface area contributed by atoms with E-state index in [1.54, 1.807) is 30.3 Å². The lowest BCUT2D eigenvalue weighted by Crippen LogP contribution is -2.01. The van der Waals surface area contributed by atoms with E-state index in [1.807, 2.05) is 12.1 Å². The Kier molecular flexibility index (Phi) is 5.01. The van der Waals surface area contributed by atoms with Crippen molar-refractivity contribution in [3.63, 3.8) is 0 Å². The van der Waals surface area contributed by atoms with Gasteiger partial charge in [0.25, 0.3) is 0 Å². The van der Waals surface area contributed by atoms with E-state index < -0.39 is 0 Å². The average molecular weight is 280 g/mol. The summed E-state index contributed by atoms with van der Waals surface area (Å²) in [5.74, 6) is 1.42. The molecular formula is C14H14ClNO3. The Hall–Kier alpha value is -1.78. The normalized spacial score (nSPS) is 10.2. The lowest BCUT2D eigenvalue weighted by atomic mass is 10.3. The van der Waals surface area contributed by atoms with Crippen LogP contribution in [0.2, 0.25) is 5.15 Å². The second-order valence-corrected chi connectivity index (χ2v) is 4.17. The van der Waals surface area contributed by atoms with Crippen LogP contribution in [0.4, 0.5) is 0 Å². The van der Waals surface area contributed by atoms with E-state index >= 15 is 0 Å². The van der Waals surface area contributed by atoms with Crippen molar-refractivity contribution in [2.75, 3.05) is 13.2 Å². The van der Waals surface area contributed by atoms with Crippen molar-refractivity contribution in [1.29, 1.82) is 0 Å². The number of benzene rings is 1. The minimum absolute atomic E-state index is 0.00130. The summed E-state index contributed by atoms with van der Waals surface area (Å²) in [6, 6.07) is 12.6. The van der Waals surface area contributed by atoms with Gasteiger partial charge in [-0.15, -0.1) is 0 Å². The lowest BCUT2D eigenvalue weighted by molar-refractivity contribution is 0.201. The van der Waals surface area contributed by atoms with E-state index in [-0.39, 0.29) is 13.2 Å². The van der Waals surface area contributed by atoms with E-state index in [0.717, 1.165) is 11.4 Å². The summed E-state index contributed by atoms with van der Waals surface area (Å²) in [5.41, 5.74) is 0.771. The fourth-order valence-electron chi connectivity index (χ4n) is 1.48. The molecule has 100 valence electrons. The van der Waals surface area contributed by atoms with Gasteiger partial charge in [0.05, 0.1) is 12.3 Å². The molecule has 4 nitrogen and oxygen atoms in total. The third-order valence-corrected chi connectivity index (χ3v) is 2.55. The van der Waals surface area contributed by atoms with Crippen molar-refractivity contribution in [2.24, 2.45) is 0 Å². The first-order valence-electron chi connectivity index (χ1n) is 5.86. The summed E-state index contributed by atoms with van der Waals surface area (Å²) in [6.07, 6.45) is 0. The fraction of sp³-hybridized carbons (Fsp3) is 0.214. The Bertz CT molecular complexity index is 516. The zero-order valence-electron chi connectivity index (χ0n) is 10.3. The average Bonchev–Trinajstić information content (AvgIpc) is 2.44. The minimum atomic E-state index is -0.00130. The summed E-state index contributed by atoms with van der Waals surface area (Å²) in [5, 5.41) is 9.10. The van der Waals surface area contributed by atoms with E-state index in [0.29, 0.717) is 17.5 Å². The number of ether oxygens (including phenoxy) is 2. The molecule has 0 atom stereocenters. The van der Waals surface area contributed by atoms with Crippen LogP contribution in [0.25, 0.3) is 0 Å². The van der Waals surface area contributed by atoms with Crippen molar-refractivity contribution in [2.45, 2.75) is 6.61 Å². The highest BCUT2D eigenvalue weighted by atomic mass is 35.5. The van der Waals surface area contributed by atoms with Crippen LogP contribution in [0, 0.1) is 0 Å². The summed E-state index contributed by atoms with van der Waals surface area (Å²) in [4.78, 5) is 4.13. The lowest BCUT2D eigenvalue weighted by Gasteiger charge is -2.07. The highest BCUT2D eigenvalue weighted by molar-refractivity contribution is 6.29. The Balaban J connectivity index is 1.89. The number of aliphatic hydroxyl groups is 1. The number of aromatic nitrogens is 1. The predicted molar refractivity (Wildman–Crippen MR) is 72.6 cm³/mol. The van der Waals surface area contributed by atoms with Gasteiger partial charge < -0.3 is 14.6 Å². The molecular weight excluding hydrogens is 266 g/mol. The quantitative estimate of drug-likeness (QED) is 0.826. The largest absolute Gasteiger partial charge is 0.491 e. The zero-order chi connectivity index (χ0) is 13.5. The van der Waals surface area contributed by atoms with Gasteiger partial charge in [-0.3, -0.25) is 0 Å². The van der Waals surface area contributed by atoms with Gasteiger partial charge in [-0.2, -0.15) is 0 Å². The molecule has 0 aliphatic heterocycles. The second-order valence-electron chi connectivity index (χ2n) is 3.78. The molecule has 0 radical (unpaired) electrons. The summed E-state index contributed by atoms with van der Waals surface area (Å²) in [6.45, 7) is 0.642. The number of aliphatic hydroxyl groups excluding tert-OH is 1. The molecule has 0 aliphatic rings. The zero-order valence-corrected chi connectivity index (χ0v) is 11.0. The molecule has 1 N–H and O–H groups in total. The molecule has 0 spiro atoms. The molecule has 1 aromatic carbocycles. The molecule has 1 heterocycles. The third kappa shape index (κ3) is 4.43. The molecule has 0 bridgehead atoms. The Morgan fingerprint density at radius 1 is 1.00 bits per heavy atom. The van der Waals surface area contributed by atoms with Gasteiger partial charge in [0.15, 0.2) is 0 Å². The van der Waals surface area contributed by atoms with Gasteiger partial charge in [-0.1, -0.05) is 17.7 Å². The summed E-state index contributed by atoms with van der Waals surface area (Å²) >= 11 is 5.79. The van der Waals surface area contributed by atoms with Crippen molar-refractivity contribution in [1.82, 2.24) is 4.98 Å². The van der Waals surface area contributed by atoms with Gasteiger partial charge in [-0.05, 0) is 36.4 Å². The first kappa shape index (κ1) is 13.6. The molecule has 0 amide bonds. The van der Waals surface area contributed by atoms with Crippen LogP contribution >= 0.6 is 11.6 Å². The van der Waals surface area contributed by atoms with Crippen LogP contribution in [-0.4, -0.2) is 23.3 Å². The molecule has 0 fully saturated rings. The van der Waals surface area contributed by atoms with Crippen molar-refractivity contribution >= 4 is 11.6 Å². The topological polar surface area (TPSA) is 51.6 Å². The number of hydrogen-bond donors (Lipinski definition) is 1. The van der Waals surface area contributed by atoms with Gasteiger partial charge in [0.2, 0.25) is 0 Å².